The van der Waals surface area contributed by atoms with E-state index in [1.807, 2.05) is 9.80 Å². The van der Waals surface area contributed by atoms with Crippen molar-refractivity contribution in [3.8, 4) is 0 Å². The average molecular weight is 409 g/mol. The van der Waals surface area contributed by atoms with Gasteiger partial charge in [0.2, 0.25) is 5.91 Å². The highest BCUT2D eigenvalue weighted by Crippen LogP contribution is 2.54. The van der Waals surface area contributed by atoms with Crippen molar-refractivity contribution in [1.82, 2.24) is 9.80 Å². The lowest BCUT2D eigenvalue weighted by atomic mass is 9.77. The zero-order valence-electron chi connectivity index (χ0n) is 14.5. The molecule has 5 nitrogen and oxygen atoms in total. The van der Waals surface area contributed by atoms with Crippen LogP contribution in [0.2, 0.25) is 0 Å². The third-order valence-electron chi connectivity index (χ3n) is 6.06. The molecular formula is C19H25BrN2O3. The predicted molar refractivity (Wildman–Crippen MR) is 97.1 cm³/mol. The molecule has 2 aliphatic carbocycles. The second-order valence-corrected chi connectivity index (χ2v) is 8.76. The Balaban J connectivity index is 1.36. The molecule has 0 radical (unpaired) electrons. The summed E-state index contributed by atoms with van der Waals surface area (Å²) in [5.74, 6) is 1.38. The van der Waals surface area contributed by atoms with Crippen molar-refractivity contribution in [2.75, 3.05) is 26.2 Å². The molecule has 1 aromatic heterocycles. The molecule has 0 N–H and O–H groups in total. The quantitative estimate of drug-likeness (QED) is 0.762. The Morgan fingerprint density at radius 2 is 1.84 bits per heavy atom. The zero-order valence-corrected chi connectivity index (χ0v) is 16.1. The maximum Gasteiger partial charge on any atom is 0.289 e. The Bertz CT molecular complexity index is 663. The van der Waals surface area contributed by atoms with Gasteiger partial charge >= 0.3 is 0 Å². The number of carbonyl (C=O) groups excluding carboxylic acids is 2. The summed E-state index contributed by atoms with van der Waals surface area (Å²) in [6, 6.07) is 1.70. The largest absolute Gasteiger partial charge is 0.458 e. The number of furan rings is 1. The van der Waals surface area contributed by atoms with Crippen LogP contribution < -0.4 is 0 Å². The third-order valence-corrected chi connectivity index (χ3v) is 6.48. The van der Waals surface area contributed by atoms with E-state index >= 15 is 0 Å². The first-order valence-electron chi connectivity index (χ1n) is 9.40. The predicted octanol–water partition coefficient (Wildman–Crippen LogP) is 3.69. The van der Waals surface area contributed by atoms with Gasteiger partial charge in [-0.15, -0.1) is 0 Å². The summed E-state index contributed by atoms with van der Waals surface area (Å²) in [7, 11) is 0. The van der Waals surface area contributed by atoms with Crippen LogP contribution in [0.15, 0.2) is 21.2 Å². The van der Waals surface area contributed by atoms with Gasteiger partial charge in [-0.1, -0.05) is 19.3 Å². The summed E-state index contributed by atoms with van der Waals surface area (Å²) < 4.78 is 6.07. The SMILES string of the molecule is O=C(c1cc(Br)co1)N1CCCN(C(=O)C2(CC3CCC3)CC2)CC1. The van der Waals surface area contributed by atoms with E-state index in [4.69, 9.17) is 4.42 Å². The molecule has 2 heterocycles. The zero-order chi connectivity index (χ0) is 17.4. The van der Waals surface area contributed by atoms with Crippen LogP contribution in [0.5, 0.6) is 0 Å². The number of rotatable bonds is 4. The van der Waals surface area contributed by atoms with E-state index < -0.39 is 0 Å². The van der Waals surface area contributed by atoms with E-state index in [1.165, 1.54) is 25.5 Å². The van der Waals surface area contributed by atoms with Crippen molar-refractivity contribution >= 4 is 27.7 Å². The molecule has 0 unspecified atom stereocenters. The Morgan fingerprint density at radius 1 is 1.12 bits per heavy atom. The van der Waals surface area contributed by atoms with Crippen molar-refractivity contribution in [3.63, 3.8) is 0 Å². The van der Waals surface area contributed by atoms with Crippen LogP contribution in [0, 0.1) is 11.3 Å². The van der Waals surface area contributed by atoms with Crippen molar-refractivity contribution in [1.29, 1.82) is 0 Å². The number of hydrogen-bond acceptors (Lipinski definition) is 3. The van der Waals surface area contributed by atoms with Gasteiger partial charge in [0, 0.05) is 37.7 Å². The molecule has 6 heteroatoms. The molecule has 0 bridgehead atoms. The van der Waals surface area contributed by atoms with Gasteiger partial charge in [-0.3, -0.25) is 9.59 Å². The molecule has 4 rings (SSSR count). The highest BCUT2D eigenvalue weighted by atomic mass is 79.9. The first-order chi connectivity index (χ1) is 12.1. The van der Waals surface area contributed by atoms with Crippen molar-refractivity contribution < 1.29 is 14.0 Å². The lowest BCUT2D eigenvalue weighted by Crippen LogP contribution is -2.41. The first-order valence-corrected chi connectivity index (χ1v) is 10.2. The van der Waals surface area contributed by atoms with Crippen LogP contribution in [-0.4, -0.2) is 47.8 Å². The fraction of sp³-hybridized carbons (Fsp3) is 0.684. The van der Waals surface area contributed by atoms with Gasteiger partial charge in [0.15, 0.2) is 5.76 Å². The highest BCUT2D eigenvalue weighted by molar-refractivity contribution is 9.10. The number of hydrogen-bond donors (Lipinski definition) is 0. The summed E-state index contributed by atoms with van der Waals surface area (Å²) in [4.78, 5) is 29.4. The van der Waals surface area contributed by atoms with E-state index in [-0.39, 0.29) is 11.3 Å². The van der Waals surface area contributed by atoms with Gasteiger partial charge < -0.3 is 14.2 Å². The molecule has 0 atom stereocenters. The molecule has 136 valence electrons. The summed E-state index contributed by atoms with van der Waals surface area (Å²) in [5.41, 5.74) is -0.0594. The van der Waals surface area contributed by atoms with Crippen LogP contribution in [0.3, 0.4) is 0 Å². The van der Waals surface area contributed by atoms with E-state index in [1.54, 1.807) is 6.07 Å². The van der Waals surface area contributed by atoms with E-state index in [2.05, 4.69) is 15.9 Å². The molecule has 1 aromatic rings. The fourth-order valence-electron chi connectivity index (χ4n) is 4.15. The number of amides is 2. The Hall–Kier alpha value is -1.30. The smallest absolute Gasteiger partial charge is 0.289 e. The first kappa shape index (κ1) is 17.1. The van der Waals surface area contributed by atoms with Crippen LogP contribution in [0.1, 0.15) is 55.5 Å². The lowest BCUT2D eigenvalue weighted by Gasteiger charge is -2.32. The Morgan fingerprint density at radius 3 is 2.44 bits per heavy atom. The van der Waals surface area contributed by atoms with Crippen LogP contribution in [0.25, 0.3) is 0 Å². The topological polar surface area (TPSA) is 53.8 Å². The van der Waals surface area contributed by atoms with E-state index in [0.717, 1.165) is 42.6 Å². The number of halogens is 1. The van der Waals surface area contributed by atoms with Crippen molar-refractivity contribution in [2.24, 2.45) is 11.3 Å². The molecule has 25 heavy (non-hydrogen) atoms. The molecule has 1 aliphatic heterocycles. The van der Waals surface area contributed by atoms with E-state index in [9.17, 15) is 9.59 Å². The molecule has 3 fully saturated rings. The van der Waals surface area contributed by atoms with Crippen molar-refractivity contribution in [3.05, 3.63) is 22.6 Å². The summed E-state index contributed by atoms with van der Waals surface area (Å²) in [6.45, 7) is 2.66. The average Bonchev–Trinajstić information content (AvgIpc) is 3.29. The molecule has 1 saturated heterocycles. The third kappa shape index (κ3) is 3.50. The lowest BCUT2D eigenvalue weighted by molar-refractivity contribution is -0.137. The van der Waals surface area contributed by atoms with Gasteiger partial charge in [-0.25, -0.2) is 0 Å². The maximum atomic E-state index is 13.1. The fourth-order valence-corrected chi connectivity index (χ4v) is 4.45. The minimum Gasteiger partial charge on any atom is -0.458 e. The summed E-state index contributed by atoms with van der Waals surface area (Å²) in [5, 5.41) is 0. The van der Waals surface area contributed by atoms with Gasteiger partial charge in [-0.2, -0.15) is 0 Å². The Labute approximate surface area is 156 Å². The maximum absolute atomic E-state index is 13.1. The van der Waals surface area contributed by atoms with Crippen LogP contribution in [-0.2, 0) is 4.79 Å². The number of carbonyl (C=O) groups is 2. The van der Waals surface area contributed by atoms with Crippen LogP contribution in [0.4, 0.5) is 0 Å². The minimum absolute atomic E-state index is 0.0594. The Kier molecular flexibility index (Phi) is 4.65. The molecular weight excluding hydrogens is 384 g/mol. The molecule has 2 saturated carbocycles. The number of nitrogens with zero attached hydrogens (tertiary/aromatic N) is 2. The van der Waals surface area contributed by atoms with Gasteiger partial charge in [0.25, 0.3) is 5.91 Å². The normalized spacial score (nSPS) is 23.1. The summed E-state index contributed by atoms with van der Waals surface area (Å²) >= 11 is 3.31. The van der Waals surface area contributed by atoms with Crippen molar-refractivity contribution in [2.45, 2.75) is 44.9 Å². The second-order valence-electron chi connectivity index (χ2n) is 7.85. The monoisotopic (exact) mass is 408 g/mol. The minimum atomic E-state index is -0.0874. The van der Waals surface area contributed by atoms with Gasteiger partial charge in [0.1, 0.15) is 6.26 Å². The molecule has 0 aromatic carbocycles. The highest BCUT2D eigenvalue weighted by Gasteiger charge is 2.52. The summed E-state index contributed by atoms with van der Waals surface area (Å²) in [6.07, 6.45) is 9.50. The van der Waals surface area contributed by atoms with Crippen LogP contribution >= 0.6 is 15.9 Å². The molecule has 3 aliphatic rings. The van der Waals surface area contributed by atoms with Gasteiger partial charge in [0.05, 0.1) is 4.47 Å². The second kappa shape index (κ2) is 6.78. The molecule has 2 amide bonds. The molecule has 0 spiro atoms. The van der Waals surface area contributed by atoms with E-state index in [0.29, 0.717) is 31.3 Å². The van der Waals surface area contributed by atoms with Gasteiger partial charge in [-0.05, 0) is 47.5 Å². The standard InChI is InChI=1S/C19H25BrN2O3/c20-15-11-16(25-13-15)17(23)21-7-2-8-22(10-9-21)18(24)19(5-6-19)12-14-3-1-4-14/h11,13-14H,1-10,12H2.